The lowest BCUT2D eigenvalue weighted by Crippen LogP contribution is -2.41. The lowest BCUT2D eigenvalue weighted by Gasteiger charge is -2.18. The van der Waals surface area contributed by atoms with Crippen molar-refractivity contribution in [2.24, 2.45) is 0 Å². The lowest BCUT2D eigenvalue weighted by molar-refractivity contribution is -0.138. The number of rotatable bonds is 8. The predicted molar refractivity (Wildman–Crippen MR) is 82.6 cm³/mol. The Kier molecular flexibility index (Phi) is 6.87. The van der Waals surface area contributed by atoms with Crippen LogP contribution in [0, 0.1) is 0 Å². The molecule has 1 rings (SSSR count). The molecule has 0 aliphatic heterocycles. The Morgan fingerprint density at radius 1 is 1.16 bits per heavy atom. The molecule has 25 heavy (non-hydrogen) atoms. The molecule has 0 aliphatic rings. The van der Waals surface area contributed by atoms with Gasteiger partial charge in [0.25, 0.3) is 10.0 Å². The third-order valence-corrected chi connectivity index (χ3v) is 5.25. The van der Waals surface area contributed by atoms with E-state index >= 15 is 0 Å². The van der Waals surface area contributed by atoms with Gasteiger partial charge < -0.3 is 15.1 Å². The van der Waals surface area contributed by atoms with Crippen LogP contribution in [0.1, 0.15) is 0 Å². The van der Waals surface area contributed by atoms with Crippen molar-refractivity contribution in [2.45, 2.75) is 9.79 Å². The van der Waals surface area contributed by atoms with Crippen molar-refractivity contribution < 1.29 is 41.5 Å². The highest BCUT2D eigenvalue weighted by Gasteiger charge is 2.26. The number of carbonyl (C=O) groups is 2. The third kappa shape index (κ3) is 5.97. The Morgan fingerprint density at radius 2 is 1.72 bits per heavy atom. The van der Waals surface area contributed by atoms with Gasteiger partial charge in [-0.3, -0.25) is 9.69 Å². The topological polar surface area (TPSA) is 167 Å². The van der Waals surface area contributed by atoms with Crippen LogP contribution in [0.4, 0.5) is 4.79 Å². The zero-order valence-corrected chi connectivity index (χ0v) is 14.6. The van der Waals surface area contributed by atoms with E-state index in [2.05, 4.69) is 4.84 Å². The smallest absolute Gasteiger partial charge is 0.430 e. The molecule has 0 atom stereocenters. The number of sulfone groups is 1. The number of aliphatic hydroxyl groups is 1. The second kappa shape index (κ2) is 8.24. The minimum Gasteiger partial charge on any atom is -0.480 e. The summed E-state index contributed by atoms with van der Waals surface area (Å²) in [4.78, 5) is 27.5. The molecule has 0 aliphatic carbocycles. The largest absolute Gasteiger partial charge is 0.480 e. The summed E-state index contributed by atoms with van der Waals surface area (Å²) >= 11 is 0. The van der Waals surface area contributed by atoms with Crippen LogP contribution >= 0.6 is 0 Å². The second-order valence-electron chi connectivity index (χ2n) is 4.71. The molecule has 0 bridgehead atoms. The molecule has 1 amide bonds. The van der Waals surface area contributed by atoms with Crippen molar-refractivity contribution in [3.8, 4) is 0 Å². The van der Waals surface area contributed by atoms with Crippen LogP contribution in [0.25, 0.3) is 0 Å². The van der Waals surface area contributed by atoms with Gasteiger partial charge in [-0.25, -0.2) is 21.6 Å². The van der Waals surface area contributed by atoms with E-state index in [-0.39, 0.29) is 0 Å². The Bertz CT molecular complexity index is 849. The van der Waals surface area contributed by atoms with E-state index in [4.69, 9.17) is 10.2 Å². The molecule has 13 heteroatoms. The van der Waals surface area contributed by atoms with Crippen LogP contribution in [-0.2, 0) is 29.5 Å². The standard InChI is InChI=1S/C12H16N2O9S2/c1-24(19,20)9-4-2-3-5-10(9)25(21,22)13-23-12(18)14(6-7-15)8-11(16)17/h2-5,13,15H,6-8H2,1H3,(H,16,17). The van der Waals surface area contributed by atoms with Gasteiger partial charge in [0.05, 0.1) is 11.5 Å². The molecular formula is C12H16N2O9S2. The maximum Gasteiger partial charge on any atom is 0.430 e. The number of hydrogen-bond donors (Lipinski definition) is 3. The van der Waals surface area contributed by atoms with Gasteiger partial charge in [0.2, 0.25) is 0 Å². The second-order valence-corrected chi connectivity index (χ2v) is 8.31. The highest BCUT2D eigenvalue weighted by atomic mass is 32.2. The Morgan fingerprint density at radius 3 is 2.20 bits per heavy atom. The SMILES string of the molecule is CS(=O)(=O)c1ccccc1S(=O)(=O)NOC(=O)N(CCO)CC(=O)O. The normalized spacial score (nSPS) is 11.8. The van der Waals surface area contributed by atoms with Crippen molar-refractivity contribution in [3.63, 3.8) is 0 Å². The monoisotopic (exact) mass is 396 g/mol. The van der Waals surface area contributed by atoms with Gasteiger partial charge in [0, 0.05) is 12.8 Å². The van der Waals surface area contributed by atoms with Crippen molar-refractivity contribution in [3.05, 3.63) is 24.3 Å². The molecule has 0 spiro atoms. The maximum absolute atomic E-state index is 12.2. The molecule has 140 valence electrons. The minimum atomic E-state index is -4.55. The summed E-state index contributed by atoms with van der Waals surface area (Å²) in [5.74, 6) is -1.41. The van der Waals surface area contributed by atoms with E-state index in [1.807, 2.05) is 0 Å². The summed E-state index contributed by atoms with van der Waals surface area (Å²) in [6.07, 6.45) is -0.569. The first-order chi connectivity index (χ1) is 11.5. The molecule has 0 fully saturated rings. The summed E-state index contributed by atoms with van der Waals surface area (Å²) in [6.45, 7) is -1.82. The number of carboxylic acid groups (broad SMARTS) is 1. The zero-order valence-electron chi connectivity index (χ0n) is 12.9. The number of aliphatic hydroxyl groups excluding tert-OH is 1. The van der Waals surface area contributed by atoms with Gasteiger partial charge in [-0.05, 0) is 17.0 Å². The first kappa shape index (κ1) is 20.8. The highest BCUT2D eigenvalue weighted by molar-refractivity contribution is 7.93. The fraction of sp³-hybridized carbons (Fsp3) is 0.333. The minimum absolute atomic E-state index is 0.410. The number of hydrogen-bond acceptors (Lipinski definition) is 8. The first-order valence-electron chi connectivity index (χ1n) is 6.58. The molecule has 11 nitrogen and oxygen atoms in total. The average molecular weight is 396 g/mol. The number of nitrogens with one attached hydrogen (secondary N) is 1. The summed E-state index contributed by atoms with van der Waals surface area (Å²) in [5.41, 5.74) is 0. The van der Waals surface area contributed by atoms with E-state index in [0.29, 0.717) is 4.90 Å². The number of carbonyl (C=O) groups excluding carboxylic acids is 1. The van der Waals surface area contributed by atoms with Crippen LogP contribution in [0.2, 0.25) is 0 Å². The summed E-state index contributed by atoms with van der Waals surface area (Å²) in [7, 11) is -8.43. The van der Waals surface area contributed by atoms with Crippen molar-refractivity contribution >= 4 is 31.9 Å². The lowest BCUT2D eigenvalue weighted by atomic mass is 10.4. The van der Waals surface area contributed by atoms with Crippen molar-refractivity contribution in [1.82, 2.24) is 9.79 Å². The number of benzene rings is 1. The first-order valence-corrected chi connectivity index (χ1v) is 9.96. The molecular weight excluding hydrogens is 380 g/mol. The van der Waals surface area contributed by atoms with Gasteiger partial charge >= 0.3 is 12.1 Å². The average Bonchev–Trinajstić information content (AvgIpc) is 2.51. The van der Waals surface area contributed by atoms with Crippen LogP contribution in [0.15, 0.2) is 34.1 Å². The zero-order chi connectivity index (χ0) is 19.3. The van der Waals surface area contributed by atoms with E-state index in [0.717, 1.165) is 18.4 Å². The fourth-order valence-electron chi connectivity index (χ4n) is 1.70. The van der Waals surface area contributed by atoms with E-state index in [1.54, 1.807) is 0 Å². The molecule has 0 aromatic heterocycles. The summed E-state index contributed by atoms with van der Waals surface area (Å²) < 4.78 is 47.6. The third-order valence-electron chi connectivity index (χ3n) is 2.73. The van der Waals surface area contributed by atoms with Crippen molar-refractivity contribution in [2.75, 3.05) is 26.0 Å². The van der Waals surface area contributed by atoms with Gasteiger partial charge in [-0.2, -0.15) is 0 Å². The quantitative estimate of drug-likeness (QED) is 0.457. The number of aliphatic carboxylic acids is 1. The number of carboxylic acids is 1. The predicted octanol–water partition coefficient (Wildman–Crippen LogP) is -1.20. The molecule has 3 N–H and O–H groups in total. The summed E-state index contributed by atoms with van der Waals surface area (Å²) in [5, 5.41) is 17.4. The van der Waals surface area contributed by atoms with Gasteiger partial charge in [-0.15, -0.1) is 0 Å². The van der Waals surface area contributed by atoms with Gasteiger partial charge in [-0.1, -0.05) is 12.1 Å². The maximum atomic E-state index is 12.2. The van der Waals surface area contributed by atoms with Crippen LogP contribution < -0.4 is 4.89 Å². The van der Waals surface area contributed by atoms with E-state index in [9.17, 15) is 26.4 Å². The molecule has 0 saturated heterocycles. The molecule has 0 saturated carbocycles. The summed E-state index contributed by atoms with van der Waals surface area (Å²) in [6, 6.07) is 4.65. The Balaban J connectivity index is 3.00. The van der Waals surface area contributed by atoms with Crippen molar-refractivity contribution in [1.29, 1.82) is 0 Å². The molecule has 0 heterocycles. The number of sulfonamides is 1. The van der Waals surface area contributed by atoms with E-state index in [1.165, 1.54) is 17.0 Å². The van der Waals surface area contributed by atoms with Gasteiger partial charge in [0.1, 0.15) is 11.4 Å². The van der Waals surface area contributed by atoms with E-state index < -0.39 is 61.4 Å². The van der Waals surface area contributed by atoms with Crippen LogP contribution in [-0.4, -0.2) is 70.0 Å². The number of nitrogens with zero attached hydrogens (tertiary/aromatic N) is 1. The van der Waals surface area contributed by atoms with Crippen LogP contribution in [0.5, 0.6) is 0 Å². The Labute approximate surface area is 143 Å². The molecule has 0 unspecified atom stereocenters. The number of amides is 1. The molecule has 0 radical (unpaired) electrons. The Hall–Kier alpha value is -2.22. The highest BCUT2D eigenvalue weighted by Crippen LogP contribution is 2.20. The van der Waals surface area contributed by atoms with Gasteiger partial charge in [0.15, 0.2) is 9.84 Å². The molecule has 1 aromatic carbocycles. The van der Waals surface area contributed by atoms with Crippen LogP contribution in [0.3, 0.4) is 0 Å². The molecule has 1 aromatic rings. The fourth-order valence-corrected chi connectivity index (χ4v) is 4.10.